The Morgan fingerprint density at radius 3 is 2.71 bits per heavy atom. The van der Waals surface area contributed by atoms with Crippen molar-refractivity contribution in [2.45, 2.75) is 39.7 Å². The maximum atomic E-state index is 5.96. The van der Waals surface area contributed by atoms with Crippen LogP contribution in [0.1, 0.15) is 45.3 Å². The zero-order valence-corrected chi connectivity index (χ0v) is 11.1. The maximum absolute atomic E-state index is 5.96. The molecule has 1 fully saturated rings. The van der Waals surface area contributed by atoms with Crippen LogP contribution in [0.25, 0.3) is 0 Å². The molecule has 2 heterocycles. The van der Waals surface area contributed by atoms with E-state index in [0.29, 0.717) is 5.41 Å². The lowest BCUT2D eigenvalue weighted by molar-refractivity contribution is 0.418. The number of anilines is 1. The van der Waals surface area contributed by atoms with Gasteiger partial charge in [0.15, 0.2) is 0 Å². The Morgan fingerprint density at radius 1 is 1.47 bits per heavy atom. The standard InChI is InChI=1S/C14H23N3/c1-4-12(15)13-6-5-11(9-16-13)17-8-7-14(2,3)10-17/h5-6,9,12H,4,7-8,10,15H2,1-3H3/t12-/m1/s1. The molecule has 1 atom stereocenters. The number of hydrogen-bond acceptors (Lipinski definition) is 3. The van der Waals surface area contributed by atoms with Crippen molar-refractivity contribution in [2.24, 2.45) is 11.1 Å². The molecule has 2 rings (SSSR count). The summed E-state index contributed by atoms with van der Waals surface area (Å²) >= 11 is 0. The number of nitrogens with two attached hydrogens (primary N) is 1. The molecule has 1 aromatic rings. The van der Waals surface area contributed by atoms with Gasteiger partial charge in [0.05, 0.1) is 17.6 Å². The van der Waals surface area contributed by atoms with Crippen molar-refractivity contribution in [3.63, 3.8) is 0 Å². The summed E-state index contributed by atoms with van der Waals surface area (Å²) in [4.78, 5) is 6.89. The Bertz CT molecular complexity index is 370. The van der Waals surface area contributed by atoms with Crippen LogP contribution in [0, 0.1) is 5.41 Å². The molecule has 0 aromatic carbocycles. The topological polar surface area (TPSA) is 42.1 Å². The molecule has 1 saturated heterocycles. The Hall–Kier alpha value is -1.09. The summed E-state index contributed by atoms with van der Waals surface area (Å²) in [5, 5.41) is 0. The fraction of sp³-hybridized carbons (Fsp3) is 0.643. The van der Waals surface area contributed by atoms with Crippen molar-refractivity contribution < 1.29 is 0 Å². The van der Waals surface area contributed by atoms with Crippen LogP contribution < -0.4 is 10.6 Å². The normalized spacial score (nSPS) is 20.6. The van der Waals surface area contributed by atoms with E-state index in [2.05, 4.69) is 42.8 Å². The zero-order valence-electron chi connectivity index (χ0n) is 11.1. The summed E-state index contributed by atoms with van der Waals surface area (Å²) in [6.07, 6.45) is 4.15. The second-order valence-corrected chi connectivity index (χ2v) is 5.79. The number of pyridine rings is 1. The van der Waals surface area contributed by atoms with E-state index >= 15 is 0 Å². The molecule has 3 nitrogen and oxygen atoms in total. The SMILES string of the molecule is CC[C@@H](N)c1ccc(N2CCC(C)(C)C2)cn1. The number of nitrogens with zero attached hydrogens (tertiary/aromatic N) is 2. The third-order valence-corrected chi connectivity index (χ3v) is 3.63. The summed E-state index contributed by atoms with van der Waals surface area (Å²) in [5.74, 6) is 0. The predicted molar refractivity (Wildman–Crippen MR) is 72.1 cm³/mol. The fourth-order valence-corrected chi connectivity index (χ4v) is 2.35. The lowest BCUT2D eigenvalue weighted by Gasteiger charge is -2.21. The monoisotopic (exact) mass is 233 g/mol. The van der Waals surface area contributed by atoms with Crippen LogP contribution >= 0.6 is 0 Å². The van der Waals surface area contributed by atoms with Gasteiger partial charge in [-0.3, -0.25) is 4.98 Å². The van der Waals surface area contributed by atoms with E-state index in [-0.39, 0.29) is 6.04 Å². The van der Waals surface area contributed by atoms with Crippen LogP contribution in [0.15, 0.2) is 18.3 Å². The molecule has 1 aliphatic heterocycles. The van der Waals surface area contributed by atoms with Gasteiger partial charge >= 0.3 is 0 Å². The third-order valence-electron chi connectivity index (χ3n) is 3.63. The molecule has 3 heteroatoms. The predicted octanol–water partition coefficient (Wildman–Crippen LogP) is 2.73. The molecule has 1 aliphatic rings. The summed E-state index contributed by atoms with van der Waals surface area (Å²) in [5.41, 5.74) is 8.61. The van der Waals surface area contributed by atoms with Crippen molar-refractivity contribution >= 4 is 5.69 Å². The summed E-state index contributed by atoms with van der Waals surface area (Å²) in [6.45, 7) is 8.98. The largest absolute Gasteiger partial charge is 0.370 e. The lowest BCUT2D eigenvalue weighted by Crippen LogP contribution is -2.23. The summed E-state index contributed by atoms with van der Waals surface area (Å²) < 4.78 is 0. The van der Waals surface area contributed by atoms with Gasteiger partial charge in [-0.15, -0.1) is 0 Å². The summed E-state index contributed by atoms with van der Waals surface area (Å²) in [6, 6.07) is 4.28. The van der Waals surface area contributed by atoms with Gasteiger partial charge < -0.3 is 10.6 Å². The van der Waals surface area contributed by atoms with Crippen molar-refractivity contribution in [3.8, 4) is 0 Å². The Balaban J connectivity index is 2.09. The highest BCUT2D eigenvalue weighted by atomic mass is 15.2. The van der Waals surface area contributed by atoms with Crippen LogP contribution in [0.2, 0.25) is 0 Å². The van der Waals surface area contributed by atoms with E-state index < -0.39 is 0 Å². The average Bonchev–Trinajstić information content (AvgIpc) is 2.69. The van der Waals surface area contributed by atoms with Gasteiger partial charge in [0.2, 0.25) is 0 Å². The molecule has 17 heavy (non-hydrogen) atoms. The van der Waals surface area contributed by atoms with E-state index in [1.165, 1.54) is 12.1 Å². The Kier molecular flexibility index (Phi) is 3.38. The van der Waals surface area contributed by atoms with Crippen LogP contribution in [-0.4, -0.2) is 18.1 Å². The van der Waals surface area contributed by atoms with Crippen LogP contribution in [0.5, 0.6) is 0 Å². The van der Waals surface area contributed by atoms with E-state index in [1.54, 1.807) is 0 Å². The molecule has 94 valence electrons. The quantitative estimate of drug-likeness (QED) is 0.873. The molecular formula is C14H23N3. The molecule has 1 aromatic heterocycles. The van der Waals surface area contributed by atoms with Crippen molar-refractivity contribution in [1.82, 2.24) is 4.98 Å². The van der Waals surface area contributed by atoms with Crippen LogP contribution in [0.4, 0.5) is 5.69 Å². The second-order valence-electron chi connectivity index (χ2n) is 5.79. The van der Waals surface area contributed by atoms with Gasteiger partial charge in [0.25, 0.3) is 0 Å². The fourth-order valence-electron chi connectivity index (χ4n) is 2.35. The molecule has 0 amide bonds. The van der Waals surface area contributed by atoms with Gasteiger partial charge in [0, 0.05) is 19.1 Å². The summed E-state index contributed by atoms with van der Waals surface area (Å²) in [7, 11) is 0. The first kappa shape index (κ1) is 12.4. The smallest absolute Gasteiger partial charge is 0.0572 e. The molecule has 0 saturated carbocycles. The van der Waals surface area contributed by atoms with E-state index in [9.17, 15) is 0 Å². The first-order valence-electron chi connectivity index (χ1n) is 6.48. The van der Waals surface area contributed by atoms with Gasteiger partial charge in [0.1, 0.15) is 0 Å². The molecule has 0 spiro atoms. The highest BCUT2D eigenvalue weighted by molar-refractivity contribution is 5.46. The molecule has 0 aliphatic carbocycles. The first-order valence-corrected chi connectivity index (χ1v) is 6.48. The number of rotatable bonds is 3. The molecule has 0 bridgehead atoms. The van der Waals surface area contributed by atoms with E-state index in [0.717, 1.165) is 25.2 Å². The van der Waals surface area contributed by atoms with E-state index in [1.807, 2.05) is 6.20 Å². The zero-order chi connectivity index (χ0) is 12.5. The average molecular weight is 233 g/mol. The van der Waals surface area contributed by atoms with Gasteiger partial charge in [-0.1, -0.05) is 20.8 Å². The lowest BCUT2D eigenvalue weighted by atomic mass is 9.93. The van der Waals surface area contributed by atoms with E-state index in [4.69, 9.17) is 5.73 Å². The maximum Gasteiger partial charge on any atom is 0.0572 e. The Labute approximate surface area is 104 Å². The third kappa shape index (κ3) is 2.78. The highest BCUT2D eigenvalue weighted by Gasteiger charge is 2.29. The van der Waals surface area contributed by atoms with Crippen molar-refractivity contribution in [3.05, 3.63) is 24.0 Å². The molecule has 0 unspecified atom stereocenters. The highest BCUT2D eigenvalue weighted by Crippen LogP contribution is 2.32. The second kappa shape index (κ2) is 4.65. The molecular weight excluding hydrogens is 210 g/mol. The van der Waals surface area contributed by atoms with Crippen molar-refractivity contribution in [2.75, 3.05) is 18.0 Å². The van der Waals surface area contributed by atoms with Crippen molar-refractivity contribution in [1.29, 1.82) is 0 Å². The van der Waals surface area contributed by atoms with Gasteiger partial charge in [-0.25, -0.2) is 0 Å². The van der Waals surface area contributed by atoms with Crippen LogP contribution in [-0.2, 0) is 0 Å². The molecule has 0 radical (unpaired) electrons. The Morgan fingerprint density at radius 2 is 2.24 bits per heavy atom. The van der Waals surface area contributed by atoms with Gasteiger partial charge in [-0.2, -0.15) is 0 Å². The van der Waals surface area contributed by atoms with Gasteiger partial charge in [-0.05, 0) is 30.4 Å². The minimum Gasteiger partial charge on any atom is -0.370 e. The minimum absolute atomic E-state index is 0.0686. The molecule has 2 N–H and O–H groups in total. The number of hydrogen-bond donors (Lipinski definition) is 1. The number of aromatic nitrogens is 1. The first-order chi connectivity index (χ1) is 8.02. The van der Waals surface area contributed by atoms with Crippen LogP contribution in [0.3, 0.4) is 0 Å². The minimum atomic E-state index is 0.0686.